The van der Waals surface area contributed by atoms with Crippen LogP contribution in [0, 0.1) is 5.41 Å². The van der Waals surface area contributed by atoms with E-state index in [-0.39, 0.29) is 16.8 Å². The summed E-state index contributed by atoms with van der Waals surface area (Å²) >= 11 is 13.3. The highest BCUT2D eigenvalue weighted by atomic mass is 35.5. The van der Waals surface area contributed by atoms with Crippen molar-refractivity contribution in [1.29, 1.82) is 5.41 Å². The van der Waals surface area contributed by atoms with Gasteiger partial charge in [0.1, 0.15) is 5.69 Å². The molecule has 4 aromatic rings. The van der Waals surface area contributed by atoms with Crippen LogP contribution in [0.5, 0.6) is 0 Å². The first kappa shape index (κ1) is 19.0. The fraction of sp³-hybridized carbons (Fsp3) is 0.0500. The Hall–Kier alpha value is -2.94. The molecule has 30 heavy (non-hydrogen) atoms. The lowest BCUT2D eigenvalue weighted by atomic mass is 9.97. The molecule has 5 rings (SSSR count). The minimum absolute atomic E-state index is 0.125. The summed E-state index contributed by atoms with van der Waals surface area (Å²) in [5.74, 6) is 0.330. The number of carbonyl (C=O) groups is 1. The van der Waals surface area contributed by atoms with Gasteiger partial charge >= 0.3 is 0 Å². The Morgan fingerprint density at radius 3 is 2.20 bits per heavy atom. The van der Waals surface area contributed by atoms with Crippen LogP contribution in [-0.2, 0) is 4.79 Å². The number of carbonyl (C=O) groups excluding carboxylic acids is 1. The predicted octanol–water partition coefficient (Wildman–Crippen LogP) is 5.01. The van der Waals surface area contributed by atoms with Crippen LogP contribution in [0.1, 0.15) is 0 Å². The summed E-state index contributed by atoms with van der Waals surface area (Å²) in [6.45, 7) is 0. The third-order valence-electron chi connectivity index (χ3n) is 4.71. The van der Waals surface area contributed by atoms with Crippen LogP contribution in [0.15, 0.2) is 48.5 Å². The molecule has 0 atom stereocenters. The number of rotatable bonds is 3. The second-order valence-corrected chi connectivity index (χ2v) is 8.37. The summed E-state index contributed by atoms with van der Waals surface area (Å²) in [5.41, 5.74) is 3.40. The molecule has 3 heterocycles. The summed E-state index contributed by atoms with van der Waals surface area (Å²) in [6.07, 6.45) is 0. The van der Waals surface area contributed by atoms with Crippen molar-refractivity contribution >= 4 is 62.9 Å². The van der Waals surface area contributed by atoms with Crippen LogP contribution in [0.3, 0.4) is 0 Å². The van der Waals surface area contributed by atoms with Gasteiger partial charge in [0.25, 0.3) is 0 Å². The monoisotopic (exact) mass is 454 g/mol. The number of aromatic nitrogens is 4. The van der Waals surface area contributed by atoms with E-state index in [9.17, 15) is 4.79 Å². The van der Waals surface area contributed by atoms with Gasteiger partial charge in [0.15, 0.2) is 16.6 Å². The fourth-order valence-electron chi connectivity index (χ4n) is 3.35. The van der Waals surface area contributed by atoms with Crippen LogP contribution in [0.4, 0.5) is 5.82 Å². The first-order valence-corrected chi connectivity index (χ1v) is 10.6. The minimum Gasteiger partial charge on any atom is -0.278 e. The van der Waals surface area contributed by atoms with E-state index in [1.807, 2.05) is 24.3 Å². The van der Waals surface area contributed by atoms with Gasteiger partial charge in [-0.3, -0.25) is 15.3 Å². The highest BCUT2D eigenvalue weighted by Gasteiger charge is 2.33. The van der Waals surface area contributed by atoms with Crippen molar-refractivity contribution in [2.24, 2.45) is 0 Å². The number of hydrogen-bond donors (Lipinski definition) is 2. The zero-order chi connectivity index (χ0) is 20.8. The van der Waals surface area contributed by atoms with Gasteiger partial charge in [-0.2, -0.15) is 5.10 Å². The maximum atomic E-state index is 12.5. The van der Waals surface area contributed by atoms with E-state index in [0.29, 0.717) is 32.6 Å². The van der Waals surface area contributed by atoms with Crippen molar-refractivity contribution in [3.05, 3.63) is 58.6 Å². The lowest BCUT2D eigenvalue weighted by molar-refractivity contribution is -0.115. The van der Waals surface area contributed by atoms with E-state index in [4.69, 9.17) is 28.6 Å². The molecule has 1 aliphatic rings. The lowest BCUT2D eigenvalue weighted by Crippen LogP contribution is -2.29. The van der Waals surface area contributed by atoms with Crippen molar-refractivity contribution in [3.63, 3.8) is 0 Å². The molecule has 2 aromatic heterocycles. The zero-order valence-corrected chi connectivity index (χ0v) is 17.5. The van der Waals surface area contributed by atoms with Crippen molar-refractivity contribution in [2.75, 3.05) is 10.7 Å². The van der Waals surface area contributed by atoms with E-state index in [2.05, 4.69) is 20.4 Å². The molecule has 2 N–H and O–H groups in total. The van der Waals surface area contributed by atoms with Gasteiger partial charge in [-0.1, -0.05) is 59.2 Å². The number of fused-ring (bicyclic) bond motifs is 1. The first-order chi connectivity index (χ1) is 14.5. The van der Waals surface area contributed by atoms with Gasteiger partial charge in [0.05, 0.1) is 11.1 Å². The number of amidine groups is 1. The summed E-state index contributed by atoms with van der Waals surface area (Å²) in [5, 5.41) is 26.0. The Bertz CT molecular complexity index is 1290. The maximum absolute atomic E-state index is 12.5. The Labute approximate surface area is 184 Å². The van der Waals surface area contributed by atoms with Crippen molar-refractivity contribution in [2.45, 2.75) is 0 Å². The standard InChI is InChI=1S/C20H12Cl2N6OS/c21-12-5-1-10(2-6-12)15-16-18(25-24-17(15)11-3-7-13(22)8-4-11)26-27-19(16)28-14(29)9-30-20(28)23/h1-8,23H,9H2,(H,25,26,27). The van der Waals surface area contributed by atoms with Crippen LogP contribution < -0.4 is 4.90 Å². The number of hydrogen-bond acceptors (Lipinski definition) is 6. The van der Waals surface area contributed by atoms with E-state index < -0.39 is 0 Å². The van der Waals surface area contributed by atoms with Gasteiger partial charge in [-0.05, 0) is 29.8 Å². The number of aromatic amines is 1. The molecule has 0 aliphatic carbocycles. The summed E-state index contributed by atoms with van der Waals surface area (Å²) in [6, 6.07) is 14.6. The Morgan fingerprint density at radius 1 is 0.967 bits per heavy atom. The molecule has 1 saturated heterocycles. The number of nitrogens with zero attached hydrogens (tertiary/aromatic N) is 4. The second-order valence-electron chi connectivity index (χ2n) is 6.53. The second kappa shape index (κ2) is 7.39. The molecule has 1 amide bonds. The van der Waals surface area contributed by atoms with E-state index in [0.717, 1.165) is 28.5 Å². The van der Waals surface area contributed by atoms with Gasteiger partial charge in [0, 0.05) is 21.2 Å². The third-order valence-corrected chi connectivity index (χ3v) is 6.06. The van der Waals surface area contributed by atoms with Gasteiger partial charge in [-0.25, -0.2) is 4.90 Å². The highest BCUT2D eigenvalue weighted by molar-refractivity contribution is 8.15. The molecule has 1 fully saturated rings. The largest absolute Gasteiger partial charge is 0.278 e. The quantitative estimate of drug-likeness (QED) is 0.453. The number of anilines is 1. The lowest BCUT2D eigenvalue weighted by Gasteiger charge is -2.15. The number of H-pyrrole nitrogens is 1. The Balaban J connectivity index is 1.84. The molecule has 0 spiro atoms. The Morgan fingerprint density at radius 2 is 1.60 bits per heavy atom. The van der Waals surface area contributed by atoms with Crippen molar-refractivity contribution < 1.29 is 4.79 Å². The molecule has 7 nitrogen and oxygen atoms in total. The predicted molar refractivity (Wildman–Crippen MR) is 120 cm³/mol. The van der Waals surface area contributed by atoms with E-state index in [1.165, 1.54) is 4.90 Å². The number of benzene rings is 2. The van der Waals surface area contributed by atoms with E-state index in [1.54, 1.807) is 24.3 Å². The number of nitrogens with one attached hydrogen (secondary N) is 2. The van der Waals surface area contributed by atoms with Crippen LogP contribution in [0.2, 0.25) is 10.0 Å². The summed E-state index contributed by atoms with van der Waals surface area (Å²) < 4.78 is 0. The normalized spacial score (nSPS) is 14.1. The molecule has 0 radical (unpaired) electrons. The van der Waals surface area contributed by atoms with Gasteiger partial charge in [0.2, 0.25) is 5.91 Å². The maximum Gasteiger partial charge on any atom is 0.244 e. The zero-order valence-electron chi connectivity index (χ0n) is 15.2. The van der Waals surface area contributed by atoms with Crippen LogP contribution in [-0.4, -0.2) is 37.2 Å². The molecule has 0 bridgehead atoms. The van der Waals surface area contributed by atoms with Crippen LogP contribution in [0.25, 0.3) is 33.4 Å². The molecule has 0 saturated carbocycles. The summed E-state index contributed by atoms with van der Waals surface area (Å²) in [7, 11) is 0. The highest BCUT2D eigenvalue weighted by Crippen LogP contribution is 2.41. The molecule has 10 heteroatoms. The topological polar surface area (TPSA) is 98.6 Å². The number of halogens is 2. The molecule has 2 aromatic carbocycles. The SMILES string of the molecule is N=C1SCC(=O)N1c1n[nH]c2nnc(-c3ccc(Cl)cc3)c(-c3ccc(Cl)cc3)c12. The average Bonchev–Trinajstić information content (AvgIpc) is 3.31. The number of amides is 1. The first-order valence-electron chi connectivity index (χ1n) is 8.84. The smallest absolute Gasteiger partial charge is 0.244 e. The van der Waals surface area contributed by atoms with Gasteiger partial charge < -0.3 is 0 Å². The van der Waals surface area contributed by atoms with Crippen molar-refractivity contribution in [3.8, 4) is 22.4 Å². The number of thioether (sulfide) groups is 1. The van der Waals surface area contributed by atoms with Crippen molar-refractivity contribution in [1.82, 2.24) is 20.4 Å². The van der Waals surface area contributed by atoms with E-state index >= 15 is 0 Å². The summed E-state index contributed by atoms with van der Waals surface area (Å²) in [4.78, 5) is 13.8. The molecule has 148 valence electrons. The fourth-order valence-corrected chi connectivity index (χ4v) is 4.31. The molecular formula is C20H12Cl2N6OS. The Kier molecular flexibility index (Phi) is 4.69. The molecular weight excluding hydrogens is 443 g/mol. The molecule has 1 aliphatic heterocycles. The molecule has 0 unspecified atom stereocenters. The third kappa shape index (κ3) is 3.13. The minimum atomic E-state index is -0.203. The van der Waals surface area contributed by atoms with Gasteiger partial charge in [-0.15, -0.1) is 10.2 Å². The van der Waals surface area contributed by atoms with Crippen LogP contribution >= 0.6 is 35.0 Å². The average molecular weight is 455 g/mol.